The highest BCUT2D eigenvalue weighted by Gasteiger charge is 2.11. The fraction of sp³-hybridized carbons (Fsp3) is 0.571. The van der Waals surface area contributed by atoms with E-state index in [-0.39, 0.29) is 11.9 Å². The Balaban J connectivity index is 2.37. The van der Waals surface area contributed by atoms with Crippen LogP contribution in [0.25, 0.3) is 0 Å². The first-order chi connectivity index (χ1) is 8.49. The van der Waals surface area contributed by atoms with Crippen molar-refractivity contribution < 1.29 is 14.2 Å². The van der Waals surface area contributed by atoms with Crippen LogP contribution in [0.1, 0.15) is 19.4 Å². The van der Waals surface area contributed by atoms with Crippen molar-refractivity contribution in [2.45, 2.75) is 32.6 Å². The highest BCUT2D eigenvalue weighted by molar-refractivity contribution is 5.16. The molecule has 1 N–H and O–H groups in total. The molecule has 1 aromatic rings. The van der Waals surface area contributed by atoms with Crippen LogP contribution < -0.4 is 0 Å². The molecule has 0 fully saturated rings. The van der Waals surface area contributed by atoms with E-state index in [2.05, 4.69) is 0 Å². The molecule has 102 valence electrons. The number of hydrogen-bond acceptors (Lipinski definition) is 3. The molecule has 1 atom stereocenters. The molecule has 0 bridgehead atoms. The van der Waals surface area contributed by atoms with E-state index in [0.29, 0.717) is 25.3 Å². The average molecular weight is 255 g/mol. The van der Waals surface area contributed by atoms with Crippen molar-refractivity contribution in [2.24, 2.45) is 0 Å². The first-order valence-electron chi connectivity index (χ1n) is 6.20. The molecule has 0 saturated carbocycles. The second kappa shape index (κ2) is 7.46. The Kier molecular flexibility index (Phi) is 6.25. The lowest BCUT2D eigenvalue weighted by molar-refractivity contribution is -0.00643. The largest absolute Gasteiger partial charge is 0.389 e. The zero-order chi connectivity index (χ0) is 13.5. The zero-order valence-corrected chi connectivity index (χ0v) is 11.3. The molecule has 18 heavy (non-hydrogen) atoms. The number of halogens is 1. The Morgan fingerprint density at radius 3 is 2.61 bits per heavy atom. The van der Waals surface area contributed by atoms with Crippen molar-refractivity contribution in [2.75, 3.05) is 20.2 Å². The summed E-state index contributed by atoms with van der Waals surface area (Å²) >= 11 is 0. The Morgan fingerprint density at radius 2 is 2.00 bits per heavy atom. The van der Waals surface area contributed by atoms with Crippen molar-refractivity contribution in [1.29, 1.82) is 0 Å². The van der Waals surface area contributed by atoms with E-state index >= 15 is 0 Å². The van der Waals surface area contributed by atoms with Crippen LogP contribution in [0, 0.1) is 5.82 Å². The number of rotatable bonds is 7. The molecular weight excluding hydrogens is 233 g/mol. The number of likely N-dealkylation sites (N-methyl/N-ethyl adjacent to an activating group) is 1. The topological polar surface area (TPSA) is 32.7 Å². The van der Waals surface area contributed by atoms with Crippen molar-refractivity contribution in [1.82, 2.24) is 4.90 Å². The fourth-order valence-corrected chi connectivity index (χ4v) is 1.70. The Bertz CT molecular complexity index is 357. The highest BCUT2D eigenvalue weighted by Crippen LogP contribution is 2.09. The number of hydrogen-bond donors (Lipinski definition) is 1. The summed E-state index contributed by atoms with van der Waals surface area (Å²) in [4.78, 5) is 1.88. The van der Waals surface area contributed by atoms with Crippen molar-refractivity contribution >= 4 is 0 Å². The molecule has 3 nitrogen and oxygen atoms in total. The van der Waals surface area contributed by atoms with Gasteiger partial charge in [-0.2, -0.15) is 0 Å². The van der Waals surface area contributed by atoms with Crippen LogP contribution in [0.2, 0.25) is 0 Å². The lowest BCUT2D eigenvalue weighted by Crippen LogP contribution is -2.32. The summed E-state index contributed by atoms with van der Waals surface area (Å²) in [6.07, 6.45) is -0.444. The monoisotopic (exact) mass is 255 g/mol. The lowest BCUT2D eigenvalue weighted by Gasteiger charge is -2.21. The molecule has 0 spiro atoms. The third kappa shape index (κ3) is 5.58. The highest BCUT2D eigenvalue weighted by atomic mass is 19.1. The van der Waals surface area contributed by atoms with E-state index in [1.807, 2.05) is 31.9 Å². The maximum Gasteiger partial charge on any atom is 0.127 e. The van der Waals surface area contributed by atoms with Gasteiger partial charge in [0.25, 0.3) is 0 Å². The molecule has 0 unspecified atom stereocenters. The molecule has 0 amide bonds. The molecule has 1 aromatic carbocycles. The van der Waals surface area contributed by atoms with E-state index in [9.17, 15) is 9.50 Å². The Hall–Kier alpha value is -0.970. The van der Waals surface area contributed by atoms with Crippen LogP contribution in [0.5, 0.6) is 0 Å². The van der Waals surface area contributed by atoms with Gasteiger partial charge in [-0.1, -0.05) is 18.2 Å². The van der Waals surface area contributed by atoms with Crippen LogP contribution >= 0.6 is 0 Å². The number of aliphatic hydroxyl groups excluding tert-OH is 1. The second-order valence-electron chi connectivity index (χ2n) is 4.82. The molecule has 0 radical (unpaired) electrons. The number of nitrogens with zero attached hydrogens (tertiary/aromatic N) is 1. The maximum absolute atomic E-state index is 13.4. The molecule has 0 aliphatic heterocycles. The van der Waals surface area contributed by atoms with Crippen LogP contribution in [-0.4, -0.2) is 42.4 Å². The van der Waals surface area contributed by atoms with Gasteiger partial charge in [0, 0.05) is 18.7 Å². The van der Waals surface area contributed by atoms with Crippen LogP contribution in [0.4, 0.5) is 4.39 Å². The molecule has 0 aliphatic rings. The number of aliphatic hydroxyl groups is 1. The Labute approximate surface area is 108 Å². The molecule has 1 rings (SSSR count). The van der Waals surface area contributed by atoms with Crippen LogP contribution in [0.15, 0.2) is 24.3 Å². The molecule has 0 aliphatic carbocycles. The first kappa shape index (κ1) is 15.1. The predicted octanol–water partition coefficient (Wildman–Crippen LogP) is 2.04. The third-order valence-electron chi connectivity index (χ3n) is 2.54. The second-order valence-corrected chi connectivity index (χ2v) is 4.82. The number of benzene rings is 1. The van der Waals surface area contributed by atoms with Gasteiger partial charge in [-0.25, -0.2) is 4.39 Å². The fourth-order valence-electron chi connectivity index (χ4n) is 1.70. The minimum atomic E-state index is -0.552. The number of ether oxygens (including phenoxy) is 1. The van der Waals surface area contributed by atoms with Gasteiger partial charge in [0.15, 0.2) is 0 Å². The molecule has 0 aromatic heterocycles. The summed E-state index contributed by atoms with van der Waals surface area (Å²) in [7, 11) is 1.85. The summed E-state index contributed by atoms with van der Waals surface area (Å²) in [5.74, 6) is -0.211. The minimum Gasteiger partial charge on any atom is -0.389 e. The van der Waals surface area contributed by atoms with Gasteiger partial charge in [0.2, 0.25) is 0 Å². The van der Waals surface area contributed by atoms with Gasteiger partial charge in [-0.3, -0.25) is 4.90 Å². The summed E-state index contributed by atoms with van der Waals surface area (Å²) < 4.78 is 18.8. The normalized spacial score (nSPS) is 13.3. The maximum atomic E-state index is 13.4. The van der Waals surface area contributed by atoms with Crippen LogP contribution in [-0.2, 0) is 11.3 Å². The van der Waals surface area contributed by atoms with Crippen molar-refractivity contribution in [3.8, 4) is 0 Å². The average Bonchev–Trinajstić information content (AvgIpc) is 2.29. The van der Waals surface area contributed by atoms with Gasteiger partial charge in [0.05, 0.1) is 18.8 Å². The van der Waals surface area contributed by atoms with Gasteiger partial charge in [-0.05, 0) is 27.0 Å². The first-order valence-corrected chi connectivity index (χ1v) is 6.20. The molecule has 0 saturated heterocycles. The molecular formula is C14H22FNO2. The summed E-state index contributed by atoms with van der Waals surface area (Å²) in [6, 6.07) is 6.68. The molecule has 4 heteroatoms. The smallest absolute Gasteiger partial charge is 0.127 e. The van der Waals surface area contributed by atoms with Gasteiger partial charge < -0.3 is 9.84 Å². The van der Waals surface area contributed by atoms with Gasteiger partial charge in [0.1, 0.15) is 5.82 Å². The van der Waals surface area contributed by atoms with Crippen molar-refractivity contribution in [3.05, 3.63) is 35.6 Å². The minimum absolute atomic E-state index is 0.108. The van der Waals surface area contributed by atoms with E-state index in [4.69, 9.17) is 4.74 Å². The third-order valence-corrected chi connectivity index (χ3v) is 2.54. The van der Waals surface area contributed by atoms with E-state index in [1.54, 1.807) is 12.1 Å². The SMILES string of the molecule is CC(C)OC[C@H](O)CN(C)Cc1ccccc1F. The van der Waals surface area contributed by atoms with E-state index in [1.165, 1.54) is 6.07 Å². The van der Waals surface area contributed by atoms with Crippen LogP contribution in [0.3, 0.4) is 0 Å². The van der Waals surface area contributed by atoms with E-state index < -0.39 is 6.10 Å². The quantitative estimate of drug-likeness (QED) is 0.809. The Morgan fingerprint density at radius 1 is 1.33 bits per heavy atom. The summed E-state index contributed by atoms with van der Waals surface area (Å²) in [5, 5.41) is 9.76. The summed E-state index contributed by atoms with van der Waals surface area (Å²) in [5.41, 5.74) is 0.636. The zero-order valence-electron chi connectivity index (χ0n) is 11.3. The predicted molar refractivity (Wildman–Crippen MR) is 69.8 cm³/mol. The lowest BCUT2D eigenvalue weighted by atomic mass is 10.2. The van der Waals surface area contributed by atoms with E-state index in [0.717, 1.165) is 0 Å². The summed E-state index contributed by atoms with van der Waals surface area (Å²) in [6.45, 7) is 5.09. The standard InChI is InChI=1S/C14H22FNO2/c1-11(2)18-10-13(17)9-16(3)8-12-6-4-5-7-14(12)15/h4-7,11,13,17H,8-10H2,1-3H3/t13-/m1/s1. The molecule has 0 heterocycles. The van der Waals surface area contributed by atoms with Crippen molar-refractivity contribution in [3.63, 3.8) is 0 Å². The van der Waals surface area contributed by atoms with Gasteiger partial charge >= 0.3 is 0 Å². The van der Waals surface area contributed by atoms with Gasteiger partial charge in [-0.15, -0.1) is 0 Å².